The van der Waals surface area contributed by atoms with Crippen LogP contribution in [0.1, 0.15) is 284 Å². The van der Waals surface area contributed by atoms with Crippen LogP contribution in [0.3, 0.4) is 0 Å². The molecule has 0 aromatic rings. The van der Waals surface area contributed by atoms with Gasteiger partial charge in [-0.25, -0.2) is 0 Å². The largest absolute Gasteiger partial charge is 0.462 e. The summed E-state index contributed by atoms with van der Waals surface area (Å²) in [6, 6.07) is 0. The lowest BCUT2D eigenvalue weighted by atomic mass is 10.0. The SMILES string of the molecule is CC/C=C\C/C=C\C/C=C\C/C=C\C/C=C\C/C=C\C/C=C\CCCCCCCCCCCC(=O)OCC(COC(=O)CCCCCCCCCCCCCC)OC(=O)CCCCCCC/C=C\C/C=C\CCC. The number of hydrogen-bond donors (Lipinski definition) is 0. The molecule has 1 unspecified atom stereocenters. The highest BCUT2D eigenvalue weighted by Gasteiger charge is 2.19. The second-order valence-corrected chi connectivity index (χ2v) is 20.2. The number of hydrogen-bond acceptors (Lipinski definition) is 6. The summed E-state index contributed by atoms with van der Waals surface area (Å²) in [5.74, 6) is -0.900. The van der Waals surface area contributed by atoms with Crippen molar-refractivity contribution in [1.29, 1.82) is 0 Å². The third kappa shape index (κ3) is 59.0. The number of carbonyl (C=O) groups excluding carboxylic acids is 3. The Morgan fingerprint density at radius 3 is 0.878 bits per heavy atom. The van der Waals surface area contributed by atoms with Crippen molar-refractivity contribution in [3.8, 4) is 0 Å². The summed E-state index contributed by atoms with van der Waals surface area (Å²) in [7, 11) is 0. The molecule has 1 atom stereocenters. The van der Waals surface area contributed by atoms with Gasteiger partial charge >= 0.3 is 17.9 Å². The van der Waals surface area contributed by atoms with Gasteiger partial charge in [0.1, 0.15) is 13.2 Å². The second kappa shape index (κ2) is 61.6. The van der Waals surface area contributed by atoms with E-state index >= 15 is 0 Å². The Bertz CT molecular complexity index is 1510. The molecule has 422 valence electrons. The number of carbonyl (C=O) groups is 3. The molecule has 0 fully saturated rings. The molecule has 0 aliphatic carbocycles. The van der Waals surface area contributed by atoms with Gasteiger partial charge in [-0.3, -0.25) is 14.4 Å². The summed E-state index contributed by atoms with van der Waals surface area (Å²) < 4.78 is 16.9. The first-order valence-corrected chi connectivity index (χ1v) is 30.9. The van der Waals surface area contributed by atoms with Gasteiger partial charge in [-0.05, 0) is 103 Å². The maximum absolute atomic E-state index is 12.8. The first kappa shape index (κ1) is 70.1. The van der Waals surface area contributed by atoms with Crippen LogP contribution in [-0.4, -0.2) is 37.2 Å². The molecule has 0 N–H and O–H groups in total. The van der Waals surface area contributed by atoms with Crippen LogP contribution in [0.5, 0.6) is 0 Å². The Kier molecular flexibility index (Phi) is 58.3. The second-order valence-electron chi connectivity index (χ2n) is 20.2. The van der Waals surface area contributed by atoms with Crippen LogP contribution in [0.15, 0.2) is 109 Å². The first-order chi connectivity index (χ1) is 36.5. The maximum atomic E-state index is 12.8. The molecule has 0 saturated heterocycles. The van der Waals surface area contributed by atoms with Crippen molar-refractivity contribution in [3.63, 3.8) is 0 Å². The summed E-state index contributed by atoms with van der Waals surface area (Å²) in [6.45, 7) is 6.45. The fourth-order valence-electron chi connectivity index (χ4n) is 8.40. The molecular formula is C68H114O6. The molecular weight excluding hydrogens is 913 g/mol. The monoisotopic (exact) mass is 1030 g/mol. The number of rotatable bonds is 55. The van der Waals surface area contributed by atoms with E-state index in [2.05, 4.69) is 130 Å². The van der Waals surface area contributed by atoms with E-state index in [9.17, 15) is 14.4 Å². The number of unbranched alkanes of at least 4 members (excludes halogenated alkanes) is 26. The van der Waals surface area contributed by atoms with Gasteiger partial charge in [0.25, 0.3) is 0 Å². The minimum atomic E-state index is -0.787. The van der Waals surface area contributed by atoms with Gasteiger partial charge in [0.05, 0.1) is 0 Å². The molecule has 0 saturated carbocycles. The van der Waals surface area contributed by atoms with Gasteiger partial charge in [0, 0.05) is 19.3 Å². The van der Waals surface area contributed by atoms with Crippen LogP contribution in [0.25, 0.3) is 0 Å². The van der Waals surface area contributed by atoms with E-state index in [1.807, 2.05) is 0 Å². The summed E-state index contributed by atoms with van der Waals surface area (Å²) in [6.07, 6.45) is 83.8. The minimum absolute atomic E-state index is 0.0835. The maximum Gasteiger partial charge on any atom is 0.306 e. The van der Waals surface area contributed by atoms with E-state index in [4.69, 9.17) is 14.2 Å². The van der Waals surface area contributed by atoms with Crippen LogP contribution >= 0.6 is 0 Å². The Labute approximate surface area is 457 Å². The molecule has 74 heavy (non-hydrogen) atoms. The zero-order valence-electron chi connectivity index (χ0n) is 48.3. The first-order valence-electron chi connectivity index (χ1n) is 30.9. The van der Waals surface area contributed by atoms with Gasteiger partial charge in [-0.1, -0.05) is 271 Å². The predicted octanol–water partition coefficient (Wildman–Crippen LogP) is 21.0. The number of ether oxygens (including phenoxy) is 3. The van der Waals surface area contributed by atoms with Crippen molar-refractivity contribution in [1.82, 2.24) is 0 Å². The molecule has 0 aliphatic rings. The standard InChI is InChI=1S/C68H114O6/c1-4-7-10-13-16-19-22-25-26-27-28-29-30-31-32-33-34-35-36-37-38-39-40-41-42-44-46-49-52-55-58-61-67(70)73-64-65(63-72-66(69)60-57-54-51-48-45-24-21-18-15-12-9-6-3)74-68(71)62-59-56-53-50-47-43-23-20-17-14-11-8-5-2/h7,10-11,14,16,19-20,23,25-26,28-29,31-32,34-35,37-38,65H,4-6,8-9,12-13,15,17-18,21-22,24,27,30,33,36,39-64H2,1-3H3/b10-7-,14-11-,19-16-,23-20-,26-25-,29-28-,32-31-,35-34-,38-37-. The Balaban J connectivity index is 4.23. The third-order valence-electron chi connectivity index (χ3n) is 13.0. The normalized spacial score (nSPS) is 12.9. The molecule has 0 spiro atoms. The molecule has 6 heteroatoms. The molecule has 0 bridgehead atoms. The molecule has 0 amide bonds. The highest BCUT2D eigenvalue weighted by Crippen LogP contribution is 2.15. The fourth-order valence-corrected chi connectivity index (χ4v) is 8.40. The smallest absolute Gasteiger partial charge is 0.306 e. The lowest BCUT2D eigenvalue weighted by molar-refractivity contribution is -0.167. The lowest BCUT2D eigenvalue weighted by Gasteiger charge is -2.18. The van der Waals surface area contributed by atoms with Gasteiger partial charge in [-0.2, -0.15) is 0 Å². The van der Waals surface area contributed by atoms with Crippen LogP contribution in [0.4, 0.5) is 0 Å². The van der Waals surface area contributed by atoms with Crippen molar-refractivity contribution >= 4 is 17.9 Å². The Hall–Kier alpha value is -3.93. The van der Waals surface area contributed by atoms with Crippen molar-refractivity contribution in [3.05, 3.63) is 109 Å². The molecule has 0 rings (SSSR count). The Morgan fingerprint density at radius 2 is 0.554 bits per heavy atom. The topological polar surface area (TPSA) is 78.9 Å². The van der Waals surface area contributed by atoms with Crippen molar-refractivity contribution < 1.29 is 28.6 Å². The molecule has 0 radical (unpaired) electrons. The average Bonchev–Trinajstić information content (AvgIpc) is 3.40. The fraction of sp³-hybridized carbons (Fsp3) is 0.691. The van der Waals surface area contributed by atoms with Gasteiger partial charge in [0.15, 0.2) is 6.10 Å². The quantitative estimate of drug-likeness (QED) is 0.0261. The van der Waals surface area contributed by atoms with E-state index in [-0.39, 0.29) is 31.1 Å². The van der Waals surface area contributed by atoms with E-state index in [1.54, 1.807) is 0 Å². The van der Waals surface area contributed by atoms with Crippen molar-refractivity contribution in [2.24, 2.45) is 0 Å². The predicted molar refractivity (Wildman–Crippen MR) is 320 cm³/mol. The van der Waals surface area contributed by atoms with Crippen molar-refractivity contribution in [2.75, 3.05) is 13.2 Å². The summed E-state index contributed by atoms with van der Waals surface area (Å²) in [5.41, 5.74) is 0. The molecule has 6 nitrogen and oxygen atoms in total. The average molecular weight is 1030 g/mol. The van der Waals surface area contributed by atoms with Crippen LogP contribution < -0.4 is 0 Å². The summed E-state index contributed by atoms with van der Waals surface area (Å²) >= 11 is 0. The van der Waals surface area contributed by atoms with E-state index in [0.29, 0.717) is 19.3 Å². The van der Waals surface area contributed by atoms with E-state index in [0.717, 1.165) is 141 Å². The highest BCUT2D eigenvalue weighted by molar-refractivity contribution is 5.71. The number of allylic oxidation sites excluding steroid dienone is 18. The van der Waals surface area contributed by atoms with E-state index in [1.165, 1.54) is 103 Å². The number of esters is 3. The van der Waals surface area contributed by atoms with Crippen LogP contribution in [0.2, 0.25) is 0 Å². The minimum Gasteiger partial charge on any atom is -0.462 e. The highest BCUT2D eigenvalue weighted by atomic mass is 16.6. The summed E-state index contributed by atoms with van der Waals surface area (Å²) in [5, 5.41) is 0. The zero-order chi connectivity index (χ0) is 53.6. The Morgan fingerprint density at radius 1 is 0.284 bits per heavy atom. The van der Waals surface area contributed by atoms with Gasteiger partial charge in [-0.15, -0.1) is 0 Å². The lowest BCUT2D eigenvalue weighted by Crippen LogP contribution is -2.30. The van der Waals surface area contributed by atoms with Crippen LogP contribution in [0, 0.1) is 0 Å². The third-order valence-corrected chi connectivity index (χ3v) is 13.0. The molecule has 0 aliphatic heterocycles. The van der Waals surface area contributed by atoms with E-state index < -0.39 is 6.10 Å². The van der Waals surface area contributed by atoms with Crippen LogP contribution in [-0.2, 0) is 28.6 Å². The molecule has 0 aromatic heterocycles. The van der Waals surface area contributed by atoms with Gasteiger partial charge in [0.2, 0.25) is 0 Å². The molecule has 0 heterocycles. The zero-order valence-corrected chi connectivity index (χ0v) is 48.3. The van der Waals surface area contributed by atoms with Crippen molar-refractivity contribution in [2.45, 2.75) is 290 Å². The summed E-state index contributed by atoms with van der Waals surface area (Å²) in [4.78, 5) is 38.1. The van der Waals surface area contributed by atoms with Gasteiger partial charge < -0.3 is 14.2 Å². The molecule has 0 aromatic carbocycles.